The largest absolute Gasteiger partial charge is 0.480 e. The highest BCUT2D eigenvalue weighted by Crippen LogP contribution is 2.19. The van der Waals surface area contributed by atoms with Gasteiger partial charge in [0, 0.05) is 12.2 Å². The molecule has 0 aliphatic rings. The van der Waals surface area contributed by atoms with Gasteiger partial charge in [0.15, 0.2) is 0 Å². The Hall–Kier alpha value is -2.02. The fraction of sp³-hybridized carbons (Fsp3) is 0.417. The van der Waals surface area contributed by atoms with Gasteiger partial charge in [0.1, 0.15) is 11.7 Å². The van der Waals surface area contributed by atoms with Gasteiger partial charge in [0.25, 0.3) is 5.91 Å². The number of rotatable bonds is 6. The first kappa shape index (κ1) is 16.0. The first-order chi connectivity index (χ1) is 9.22. The Kier molecular flexibility index (Phi) is 5.15. The maximum absolute atomic E-state index is 12.1. The number of aromatic nitrogens is 1. The van der Waals surface area contributed by atoms with E-state index in [9.17, 15) is 14.4 Å². The highest BCUT2D eigenvalue weighted by atomic mass is 35.5. The number of nitrogens with one attached hydrogen (secondary N) is 1. The van der Waals surface area contributed by atoms with Crippen LogP contribution in [0.2, 0.25) is 5.02 Å². The zero-order valence-corrected chi connectivity index (χ0v) is 11.8. The van der Waals surface area contributed by atoms with Crippen molar-refractivity contribution in [3.63, 3.8) is 0 Å². The fourth-order valence-electron chi connectivity index (χ4n) is 1.69. The van der Waals surface area contributed by atoms with Gasteiger partial charge < -0.3 is 20.7 Å². The summed E-state index contributed by atoms with van der Waals surface area (Å²) < 4.78 is 1.61. The number of amides is 2. The first-order valence-corrected chi connectivity index (χ1v) is 6.29. The van der Waals surface area contributed by atoms with Gasteiger partial charge in [-0.3, -0.25) is 9.59 Å². The summed E-state index contributed by atoms with van der Waals surface area (Å²) in [6.07, 6.45) is 1.10. The molecular weight excluding hydrogens is 286 g/mol. The predicted octanol–water partition coefficient (Wildman–Crippen LogP) is 0.781. The van der Waals surface area contributed by atoms with Crippen molar-refractivity contribution in [1.82, 2.24) is 9.88 Å². The van der Waals surface area contributed by atoms with Crippen LogP contribution in [0.15, 0.2) is 12.3 Å². The molecule has 0 radical (unpaired) electrons. The van der Waals surface area contributed by atoms with E-state index in [1.54, 1.807) is 10.8 Å². The average molecular weight is 302 g/mol. The normalized spacial score (nSPS) is 12.2. The molecule has 1 unspecified atom stereocenters. The minimum Gasteiger partial charge on any atom is -0.480 e. The van der Waals surface area contributed by atoms with Crippen LogP contribution >= 0.6 is 11.6 Å². The highest BCUT2D eigenvalue weighted by molar-refractivity contribution is 6.31. The van der Waals surface area contributed by atoms with Crippen LogP contribution in [0.5, 0.6) is 0 Å². The van der Waals surface area contributed by atoms with Crippen LogP contribution in [-0.2, 0) is 9.59 Å². The molecule has 1 aromatic rings. The summed E-state index contributed by atoms with van der Waals surface area (Å²) in [5.41, 5.74) is 5.17. The number of aliphatic carboxylic acids is 1. The lowest BCUT2D eigenvalue weighted by atomic mass is 10.2. The van der Waals surface area contributed by atoms with Crippen molar-refractivity contribution in [2.75, 3.05) is 0 Å². The number of carboxylic acids is 1. The molecule has 0 bridgehead atoms. The fourth-order valence-corrected chi connectivity index (χ4v) is 1.90. The van der Waals surface area contributed by atoms with Crippen molar-refractivity contribution in [2.24, 2.45) is 5.73 Å². The highest BCUT2D eigenvalue weighted by Gasteiger charge is 2.24. The van der Waals surface area contributed by atoms with Gasteiger partial charge in [-0.05, 0) is 19.9 Å². The van der Waals surface area contributed by atoms with E-state index in [4.69, 9.17) is 22.4 Å². The number of carbonyl (C=O) groups is 3. The van der Waals surface area contributed by atoms with Crippen molar-refractivity contribution in [3.05, 3.63) is 23.0 Å². The maximum Gasteiger partial charge on any atom is 0.326 e. The van der Waals surface area contributed by atoms with Gasteiger partial charge in [-0.25, -0.2) is 4.79 Å². The monoisotopic (exact) mass is 301 g/mol. The van der Waals surface area contributed by atoms with Crippen LogP contribution < -0.4 is 11.1 Å². The SMILES string of the molecule is CC(C)n1cc(Cl)cc1C(=O)NC(CC(N)=O)C(=O)O. The summed E-state index contributed by atoms with van der Waals surface area (Å²) in [5.74, 6) is -2.76. The van der Waals surface area contributed by atoms with Crippen LogP contribution in [0.1, 0.15) is 36.8 Å². The third-order valence-corrected chi connectivity index (χ3v) is 2.82. The first-order valence-electron chi connectivity index (χ1n) is 5.91. The third kappa shape index (κ3) is 3.99. The van der Waals surface area contributed by atoms with Crippen molar-refractivity contribution in [3.8, 4) is 0 Å². The van der Waals surface area contributed by atoms with Gasteiger partial charge in [-0.15, -0.1) is 0 Å². The third-order valence-electron chi connectivity index (χ3n) is 2.61. The number of hydrogen-bond donors (Lipinski definition) is 3. The molecule has 0 aromatic carbocycles. The molecule has 0 saturated carbocycles. The Bertz CT molecular complexity index is 539. The van der Waals surface area contributed by atoms with Gasteiger partial charge in [-0.2, -0.15) is 0 Å². The van der Waals surface area contributed by atoms with Crippen molar-refractivity contribution in [1.29, 1.82) is 0 Å². The maximum atomic E-state index is 12.1. The number of nitrogens with zero attached hydrogens (tertiary/aromatic N) is 1. The van der Waals surface area contributed by atoms with Gasteiger partial charge in [0.2, 0.25) is 5.91 Å². The van der Waals surface area contributed by atoms with Crippen LogP contribution in [0.3, 0.4) is 0 Å². The Balaban J connectivity index is 2.94. The number of halogens is 1. The lowest BCUT2D eigenvalue weighted by Gasteiger charge is -2.16. The molecule has 2 amide bonds. The quantitative estimate of drug-likeness (QED) is 0.720. The Labute approximate surface area is 120 Å². The number of hydrogen-bond acceptors (Lipinski definition) is 3. The lowest BCUT2D eigenvalue weighted by Crippen LogP contribution is -2.43. The standard InChI is InChI=1S/C12H16ClN3O4/c1-6(2)16-5-7(13)3-9(16)11(18)15-8(12(19)20)4-10(14)17/h3,5-6,8H,4H2,1-2H3,(H2,14,17)(H,15,18)(H,19,20). The van der Waals surface area contributed by atoms with Crippen LogP contribution in [0.25, 0.3) is 0 Å². The van der Waals surface area contributed by atoms with Gasteiger partial charge in [-0.1, -0.05) is 11.6 Å². The van der Waals surface area contributed by atoms with Gasteiger partial charge in [0.05, 0.1) is 11.4 Å². The summed E-state index contributed by atoms with van der Waals surface area (Å²) in [5, 5.41) is 11.6. The Morgan fingerprint density at radius 3 is 2.50 bits per heavy atom. The molecule has 4 N–H and O–H groups in total. The minimum absolute atomic E-state index is 0.0253. The summed E-state index contributed by atoms with van der Waals surface area (Å²) in [4.78, 5) is 33.8. The molecule has 1 atom stereocenters. The van der Waals surface area contributed by atoms with E-state index in [1.165, 1.54) is 6.07 Å². The van der Waals surface area contributed by atoms with E-state index >= 15 is 0 Å². The summed E-state index contributed by atoms with van der Waals surface area (Å²) >= 11 is 5.85. The van der Waals surface area contributed by atoms with Crippen molar-refractivity contribution in [2.45, 2.75) is 32.4 Å². The van der Waals surface area contributed by atoms with Gasteiger partial charge >= 0.3 is 5.97 Å². The lowest BCUT2D eigenvalue weighted by molar-refractivity contribution is -0.140. The smallest absolute Gasteiger partial charge is 0.326 e. The molecule has 0 fully saturated rings. The molecule has 0 saturated heterocycles. The molecule has 0 aliphatic carbocycles. The molecule has 1 aromatic heterocycles. The second-order valence-electron chi connectivity index (χ2n) is 4.58. The molecule has 8 heteroatoms. The van der Waals surface area contributed by atoms with Crippen LogP contribution in [0, 0.1) is 0 Å². The van der Waals surface area contributed by atoms with E-state index in [0.717, 1.165) is 0 Å². The average Bonchev–Trinajstić information content (AvgIpc) is 2.69. The topological polar surface area (TPSA) is 114 Å². The molecule has 7 nitrogen and oxygen atoms in total. The Morgan fingerprint density at radius 2 is 2.05 bits per heavy atom. The molecule has 0 aliphatic heterocycles. The van der Waals surface area contributed by atoms with E-state index in [1.807, 2.05) is 13.8 Å². The van der Waals surface area contributed by atoms with E-state index in [2.05, 4.69) is 5.32 Å². The zero-order valence-electron chi connectivity index (χ0n) is 11.1. The van der Waals surface area contributed by atoms with Crippen molar-refractivity contribution < 1.29 is 19.5 Å². The van der Waals surface area contributed by atoms with Crippen molar-refractivity contribution >= 4 is 29.4 Å². The molecule has 1 rings (SSSR count). The second kappa shape index (κ2) is 6.42. The van der Waals surface area contributed by atoms with Crippen LogP contribution in [0.4, 0.5) is 0 Å². The summed E-state index contributed by atoms with van der Waals surface area (Å²) in [6, 6.07) is 0.0389. The zero-order chi connectivity index (χ0) is 15.4. The van der Waals surface area contributed by atoms with E-state index in [0.29, 0.717) is 5.02 Å². The van der Waals surface area contributed by atoms with E-state index in [-0.39, 0.29) is 11.7 Å². The minimum atomic E-state index is -1.37. The summed E-state index contributed by atoms with van der Waals surface area (Å²) in [7, 11) is 0. The number of primary amides is 1. The second-order valence-corrected chi connectivity index (χ2v) is 5.02. The molecule has 20 heavy (non-hydrogen) atoms. The number of carboxylic acid groups (broad SMARTS) is 1. The Morgan fingerprint density at radius 1 is 1.45 bits per heavy atom. The molecule has 0 spiro atoms. The number of carbonyl (C=O) groups excluding carboxylic acids is 2. The summed E-state index contributed by atoms with van der Waals surface area (Å²) in [6.45, 7) is 3.70. The van der Waals surface area contributed by atoms with Crippen LogP contribution in [-0.4, -0.2) is 33.5 Å². The molecule has 1 heterocycles. The van der Waals surface area contributed by atoms with E-state index < -0.39 is 30.2 Å². The molecule has 110 valence electrons. The molecular formula is C12H16ClN3O4. The number of nitrogens with two attached hydrogens (primary N) is 1. The predicted molar refractivity (Wildman–Crippen MR) is 72.5 cm³/mol.